The van der Waals surface area contributed by atoms with Crippen LogP contribution in [0, 0.1) is 16.7 Å². The molecular weight excluding hydrogens is 294 g/mol. The molecule has 2 saturated carbocycles. The van der Waals surface area contributed by atoms with Gasteiger partial charge in [-0.2, -0.15) is 0 Å². The van der Waals surface area contributed by atoms with Crippen molar-refractivity contribution in [1.82, 2.24) is 10.3 Å². The van der Waals surface area contributed by atoms with E-state index in [-0.39, 0.29) is 6.04 Å². The molecule has 0 radical (unpaired) electrons. The van der Waals surface area contributed by atoms with Gasteiger partial charge in [-0.05, 0) is 54.1 Å². The third-order valence-electron chi connectivity index (χ3n) is 7.58. The third kappa shape index (κ3) is 2.33. The average molecular weight is 326 g/mol. The van der Waals surface area contributed by atoms with Gasteiger partial charge in [0.1, 0.15) is 0 Å². The maximum Gasteiger partial charge on any atom is 0.0456 e. The molecule has 2 aliphatic carbocycles. The van der Waals surface area contributed by atoms with Crippen LogP contribution in [0.5, 0.6) is 0 Å². The molecule has 3 nitrogen and oxygen atoms in total. The topological polar surface area (TPSA) is 53.8 Å². The van der Waals surface area contributed by atoms with Crippen molar-refractivity contribution < 1.29 is 0 Å². The van der Waals surface area contributed by atoms with Gasteiger partial charge in [0.05, 0.1) is 0 Å². The van der Waals surface area contributed by atoms with Gasteiger partial charge in [-0.25, -0.2) is 0 Å². The molecule has 2 aliphatic rings. The van der Waals surface area contributed by atoms with Crippen LogP contribution in [-0.4, -0.2) is 23.6 Å². The maximum absolute atomic E-state index is 6.47. The lowest BCUT2D eigenvalue weighted by Gasteiger charge is -2.40. The summed E-state index contributed by atoms with van der Waals surface area (Å²) >= 11 is 0. The van der Waals surface area contributed by atoms with E-state index in [0.717, 1.165) is 18.9 Å². The van der Waals surface area contributed by atoms with E-state index in [1.165, 1.54) is 35.7 Å². The summed E-state index contributed by atoms with van der Waals surface area (Å²) in [5.74, 6) is 0.879. The van der Waals surface area contributed by atoms with E-state index in [2.05, 4.69) is 61.5 Å². The van der Waals surface area contributed by atoms with Gasteiger partial charge in [-0.1, -0.05) is 39.0 Å². The van der Waals surface area contributed by atoms with Crippen LogP contribution < -0.4 is 11.1 Å². The van der Waals surface area contributed by atoms with Crippen molar-refractivity contribution >= 4 is 10.9 Å². The summed E-state index contributed by atoms with van der Waals surface area (Å²) in [5.41, 5.74) is 9.90. The van der Waals surface area contributed by atoms with Crippen molar-refractivity contribution in [3.63, 3.8) is 0 Å². The molecule has 4 atom stereocenters. The summed E-state index contributed by atoms with van der Waals surface area (Å²) in [7, 11) is 0. The first-order valence-corrected chi connectivity index (χ1v) is 9.46. The molecular formula is C21H31N3. The number of aromatic amines is 1. The summed E-state index contributed by atoms with van der Waals surface area (Å²) < 4.78 is 0. The van der Waals surface area contributed by atoms with Gasteiger partial charge < -0.3 is 16.0 Å². The van der Waals surface area contributed by atoms with E-state index in [1.807, 2.05) is 0 Å². The molecule has 0 unspecified atom stereocenters. The Morgan fingerprint density at radius 1 is 1.29 bits per heavy atom. The zero-order valence-electron chi connectivity index (χ0n) is 15.2. The summed E-state index contributed by atoms with van der Waals surface area (Å²) in [6.45, 7) is 8.34. The third-order valence-corrected chi connectivity index (χ3v) is 7.58. The van der Waals surface area contributed by atoms with Crippen molar-refractivity contribution in [2.24, 2.45) is 22.5 Å². The molecule has 2 aromatic rings. The average Bonchev–Trinajstić information content (AvgIpc) is 3.12. The maximum atomic E-state index is 6.47. The number of rotatable bonds is 5. The van der Waals surface area contributed by atoms with E-state index >= 15 is 0 Å². The second-order valence-corrected chi connectivity index (χ2v) is 8.89. The first kappa shape index (κ1) is 16.2. The molecule has 130 valence electrons. The summed E-state index contributed by atoms with van der Waals surface area (Å²) in [6, 6.07) is 9.26. The van der Waals surface area contributed by atoms with Crippen LogP contribution in [0.1, 0.15) is 45.6 Å². The quantitative estimate of drug-likeness (QED) is 0.782. The van der Waals surface area contributed by atoms with Crippen LogP contribution in [0.3, 0.4) is 0 Å². The van der Waals surface area contributed by atoms with Gasteiger partial charge in [0, 0.05) is 35.7 Å². The summed E-state index contributed by atoms with van der Waals surface area (Å²) in [5, 5.41) is 5.14. The molecule has 2 bridgehead atoms. The van der Waals surface area contributed by atoms with E-state index in [9.17, 15) is 0 Å². The fourth-order valence-corrected chi connectivity index (χ4v) is 5.46. The summed E-state index contributed by atoms with van der Waals surface area (Å²) in [6.07, 6.45) is 7.13. The molecule has 0 spiro atoms. The minimum atomic E-state index is 0.162. The molecule has 0 saturated heterocycles. The van der Waals surface area contributed by atoms with Gasteiger partial charge in [-0.15, -0.1) is 0 Å². The lowest BCUT2D eigenvalue weighted by Crippen LogP contribution is -2.48. The zero-order chi connectivity index (χ0) is 16.9. The molecule has 1 aromatic carbocycles. The van der Waals surface area contributed by atoms with Crippen molar-refractivity contribution in [1.29, 1.82) is 0 Å². The zero-order valence-corrected chi connectivity index (χ0v) is 15.2. The number of hydrogen-bond donors (Lipinski definition) is 3. The number of aromatic nitrogens is 1. The molecule has 24 heavy (non-hydrogen) atoms. The number of benzene rings is 1. The number of hydrogen-bond acceptors (Lipinski definition) is 2. The lowest BCUT2D eigenvalue weighted by molar-refractivity contribution is 0.120. The second-order valence-electron chi connectivity index (χ2n) is 8.89. The second kappa shape index (κ2) is 5.60. The van der Waals surface area contributed by atoms with E-state index < -0.39 is 0 Å². The van der Waals surface area contributed by atoms with Crippen LogP contribution in [0.15, 0.2) is 30.5 Å². The molecule has 0 amide bonds. The highest BCUT2D eigenvalue weighted by atomic mass is 15.0. The Labute approximate surface area is 145 Å². The van der Waals surface area contributed by atoms with E-state index in [1.54, 1.807) is 0 Å². The van der Waals surface area contributed by atoms with Gasteiger partial charge in [0.2, 0.25) is 0 Å². The van der Waals surface area contributed by atoms with Crippen molar-refractivity contribution in [3.8, 4) is 0 Å². The number of fused-ring (bicyclic) bond motifs is 3. The SMILES string of the molecule is CC1(C)[C@@H]2CC[C@@]1(C)[C@H](NC[C@@H](N)Cc1c[nH]c3ccccc13)C2. The Morgan fingerprint density at radius 2 is 2.08 bits per heavy atom. The highest BCUT2D eigenvalue weighted by Gasteiger charge is 2.60. The predicted octanol–water partition coefficient (Wildman–Crippen LogP) is 3.84. The molecule has 3 heteroatoms. The Bertz CT molecular complexity index is 732. The molecule has 4 rings (SSSR count). The van der Waals surface area contributed by atoms with Crippen LogP contribution in [0.25, 0.3) is 10.9 Å². The van der Waals surface area contributed by atoms with Crippen LogP contribution in [-0.2, 0) is 6.42 Å². The van der Waals surface area contributed by atoms with Gasteiger partial charge >= 0.3 is 0 Å². The smallest absolute Gasteiger partial charge is 0.0456 e. The summed E-state index contributed by atoms with van der Waals surface area (Å²) in [4.78, 5) is 3.35. The lowest BCUT2D eigenvalue weighted by atomic mass is 9.69. The Hall–Kier alpha value is -1.32. The van der Waals surface area contributed by atoms with E-state index in [0.29, 0.717) is 16.9 Å². The highest BCUT2D eigenvalue weighted by Crippen LogP contribution is 2.65. The fourth-order valence-electron chi connectivity index (χ4n) is 5.46. The predicted molar refractivity (Wildman–Crippen MR) is 101 cm³/mol. The minimum Gasteiger partial charge on any atom is -0.361 e. The first-order valence-electron chi connectivity index (χ1n) is 9.46. The van der Waals surface area contributed by atoms with Crippen molar-refractivity contribution in [2.75, 3.05) is 6.54 Å². The van der Waals surface area contributed by atoms with Gasteiger partial charge in [0.15, 0.2) is 0 Å². The van der Waals surface area contributed by atoms with Crippen molar-refractivity contribution in [2.45, 2.75) is 58.5 Å². The van der Waals surface area contributed by atoms with Crippen LogP contribution in [0.4, 0.5) is 0 Å². The number of H-pyrrole nitrogens is 1. The van der Waals surface area contributed by atoms with Gasteiger partial charge in [0.25, 0.3) is 0 Å². The largest absolute Gasteiger partial charge is 0.361 e. The molecule has 1 aromatic heterocycles. The standard InChI is InChI=1S/C21H31N3/c1-20(2)15-8-9-21(20,3)19(11-15)24-13-16(22)10-14-12-23-18-7-5-4-6-17(14)18/h4-7,12,15-16,19,23-24H,8-11,13,22H2,1-3H3/t15-,16+,19-,21+/m1/s1. The Kier molecular flexibility index (Phi) is 3.77. The first-order chi connectivity index (χ1) is 11.4. The molecule has 4 N–H and O–H groups in total. The number of nitrogens with one attached hydrogen (secondary N) is 2. The monoisotopic (exact) mass is 325 g/mol. The fraction of sp³-hybridized carbons (Fsp3) is 0.619. The van der Waals surface area contributed by atoms with Gasteiger partial charge in [-0.3, -0.25) is 0 Å². The Morgan fingerprint density at radius 3 is 2.79 bits per heavy atom. The van der Waals surface area contributed by atoms with E-state index in [4.69, 9.17) is 5.73 Å². The molecule has 0 aliphatic heterocycles. The highest BCUT2D eigenvalue weighted by molar-refractivity contribution is 5.83. The molecule has 2 fully saturated rings. The number of nitrogens with two attached hydrogens (primary N) is 1. The Balaban J connectivity index is 1.39. The van der Waals surface area contributed by atoms with Crippen LogP contribution in [0.2, 0.25) is 0 Å². The number of para-hydroxylation sites is 1. The van der Waals surface area contributed by atoms with Crippen LogP contribution >= 0.6 is 0 Å². The molecule has 1 heterocycles. The van der Waals surface area contributed by atoms with Crippen molar-refractivity contribution in [3.05, 3.63) is 36.0 Å². The normalized spacial score (nSPS) is 32.5. The minimum absolute atomic E-state index is 0.162.